The number of aromatic carboxylic acids is 1. The van der Waals surface area contributed by atoms with E-state index in [1.165, 1.54) is 0 Å². The third kappa shape index (κ3) is 1.47. The third-order valence-electron chi connectivity index (χ3n) is 1.48. The fourth-order valence-electron chi connectivity index (χ4n) is 0.842. The zero-order valence-electron chi connectivity index (χ0n) is 6.13. The summed E-state index contributed by atoms with van der Waals surface area (Å²) in [7, 11) is 0. The van der Waals surface area contributed by atoms with E-state index in [4.69, 9.17) is 10.8 Å². The van der Waals surface area contributed by atoms with Crippen LogP contribution in [0.4, 0.5) is 5.69 Å². The fourth-order valence-corrected chi connectivity index (χ4v) is 2.76. The summed E-state index contributed by atoms with van der Waals surface area (Å²) in [5.41, 5.74) is 7.06. The van der Waals surface area contributed by atoms with Gasteiger partial charge in [0.05, 0.1) is 0 Å². The number of anilines is 1. The summed E-state index contributed by atoms with van der Waals surface area (Å²) in [6, 6.07) is 0. The van der Waals surface area contributed by atoms with Gasteiger partial charge in [-0.15, -0.1) is 0 Å². The molecule has 0 amide bonds. The predicted molar refractivity (Wildman–Crippen MR) is 44.1 cm³/mol. The van der Waals surface area contributed by atoms with Gasteiger partial charge in [0, 0.05) is 0 Å². The van der Waals surface area contributed by atoms with E-state index < -0.39 is 5.97 Å². The number of nitrogens with two attached hydrogens (primary N) is 1. The first kappa shape index (κ1) is 8.37. The maximum atomic E-state index is 10.5. The number of rotatable bonds is 2. The third-order valence-corrected chi connectivity index (χ3v) is 3.65. The normalized spacial score (nSPS) is 9.91. The molecule has 0 bridgehead atoms. The molecule has 4 heteroatoms. The number of aryl methyl sites for hydroxylation is 1. The molecule has 0 spiro atoms. The molecule has 1 heterocycles. The summed E-state index contributed by atoms with van der Waals surface area (Å²) in [6.07, 6.45) is 0.824. The molecule has 60 valence electrons. The van der Waals surface area contributed by atoms with Crippen LogP contribution >= 0.6 is 0 Å². The van der Waals surface area contributed by atoms with Crippen molar-refractivity contribution in [2.24, 2.45) is 0 Å². The summed E-state index contributed by atoms with van der Waals surface area (Å²) in [5.74, 6) is -0.873. The maximum absolute atomic E-state index is 10.5. The molecule has 3 N–H and O–H groups in total. The summed E-state index contributed by atoms with van der Waals surface area (Å²) < 4.78 is 0.398. The van der Waals surface area contributed by atoms with Crippen LogP contribution in [0.3, 0.4) is 0 Å². The van der Waals surface area contributed by atoms with Gasteiger partial charge in [0.25, 0.3) is 0 Å². The van der Waals surface area contributed by atoms with E-state index >= 15 is 0 Å². The van der Waals surface area contributed by atoms with E-state index in [9.17, 15) is 4.79 Å². The second-order valence-electron chi connectivity index (χ2n) is 2.16. The summed E-state index contributed by atoms with van der Waals surface area (Å²) in [5, 5.41) is 8.64. The topological polar surface area (TPSA) is 63.3 Å². The van der Waals surface area contributed by atoms with Gasteiger partial charge in [0.1, 0.15) is 0 Å². The Labute approximate surface area is 70.6 Å². The molecular formula is C7H9NO2Se. The van der Waals surface area contributed by atoms with Crippen LogP contribution in [0.5, 0.6) is 0 Å². The number of nitrogen functional groups attached to an aromatic ring is 1. The van der Waals surface area contributed by atoms with Gasteiger partial charge in [-0.3, -0.25) is 0 Å². The Hall–Kier alpha value is -0.731. The molecule has 0 saturated carbocycles. The van der Waals surface area contributed by atoms with Gasteiger partial charge in [-0.25, -0.2) is 0 Å². The van der Waals surface area contributed by atoms with Gasteiger partial charge in [0.2, 0.25) is 0 Å². The molecule has 0 aliphatic carbocycles. The van der Waals surface area contributed by atoms with Crippen molar-refractivity contribution in [3.8, 4) is 0 Å². The van der Waals surface area contributed by atoms with E-state index in [1.54, 1.807) is 0 Å². The molecule has 0 atom stereocenters. The van der Waals surface area contributed by atoms with Crippen LogP contribution in [0.1, 0.15) is 21.7 Å². The van der Waals surface area contributed by atoms with Crippen LogP contribution in [0.25, 0.3) is 0 Å². The van der Waals surface area contributed by atoms with Crippen molar-refractivity contribution in [1.82, 2.24) is 0 Å². The van der Waals surface area contributed by atoms with E-state index in [0.717, 1.165) is 12.0 Å². The zero-order chi connectivity index (χ0) is 8.43. The first-order valence-electron chi connectivity index (χ1n) is 3.26. The molecule has 0 unspecified atom stereocenters. The zero-order valence-corrected chi connectivity index (χ0v) is 7.84. The standard InChI is InChI=1S/C7H9NO2Se/c1-2-4-3-11-6(5(4)8)7(9)10/h3H,2,8H2,1H3,(H,9,10). The minimum absolute atomic E-state index is 0.0543. The van der Waals surface area contributed by atoms with Gasteiger partial charge in [0.15, 0.2) is 0 Å². The van der Waals surface area contributed by atoms with Crippen molar-refractivity contribution in [3.05, 3.63) is 14.9 Å². The minimum atomic E-state index is -0.873. The molecule has 0 radical (unpaired) electrons. The second-order valence-corrected chi connectivity index (χ2v) is 4.01. The average molecular weight is 218 g/mol. The van der Waals surface area contributed by atoms with Gasteiger partial charge in [-0.1, -0.05) is 0 Å². The molecule has 0 saturated heterocycles. The van der Waals surface area contributed by atoms with E-state index in [-0.39, 0.29) is 14.5 Å². The molecule has 11 heavy (non-hydrogen) atoms. The van der Waals surface area contributed by atoms with Crippen molar-refractivity contribution in [2.75, 3.05) is 5.73 Å². The Kier molecular flexibility index (Phi) is 2.37. The number of carboxylic acid groups (broad SMARTS) is 1. The van der Waals surface area contributed by atoms with Crippen molar-refractivity contribution < 1.29 is 9.90 Å². The Morgan fingerprint density at radius 3 is 2.73 bits per heavy atom. The first-order chi connectivity index (χ1) is 5.16. The van der Waals surface area contributed by atoms with Crippen molar-refractivity contribution in [3.63, 3.8) is 0 Å². The van der Waals surface area contributed by atoms with Crippen molar-refractivity contribution >= 4 is 26.2 Å². The molecule has 3 nitrogen and oxygen atoms in total. The summed E-state index contributed by atoms with van der Waals surface area (Å²) in [4.78, 5) is 12.5. The van der Waals surface area contributed by atoms with Crippen molar-refractivity contribution in [2.45, 2.75) is 13.3 Å². The quantitative estimate of drug-likeness (QED) is 0.714. The van der Waals surface area contributed by atoms with Gasteiger partial charge >= 0.3 is 70.1 Å². The SMILES string of the molecule is CCc1c[se]c(C(=O)O)c1N. The number of hydrogen-bond donors (Lipinski definition) is 2. The summed E-state index contributed by atoms with van der Waals surface area (Å²) in [6.45, 7) is 1.97. The van der Waals surface area contributed by atoms with Crippen LogP contribution in [-0.2, 0) is 6.42 Å². The molecule has 1 rings (SSSR count). The number of hydrogen-bond acceptors (Lipinski definition) is 2. The Morgan fingerprint density at radius 2 is 2.45 bits per heavy atom. The average Bonchev–Trinajstić information content (AvgIpc) is 2.30. The fraction of sp³-hybridized carbons (Fsp3) is 0.286. The van der Waals surface area contributed by atoms with E-state index in [0.29, 0.717) is 10.1 Å². The van der Waals surface area contributed by atoms with Crippen LogP contribution < -0.4 is 5.73 Å². The van der Waals surface area contributed by atoms with Gasteiger partial charge in [-0.05, 0) is 0 Å². The molecule has 0 aromatic carbocycles. The molecule has 0 aliphatic rings. The van der Waals surface area contributed by atoms with Gasteiger partial charge in [-0.2, -0.15) is 0 Å². The van der Waals surface area contributed by atoms with E-state index in [2.05, 4.69) is 0 Å². The van der Waals surface area contributed by atoms with Crippen LogP contribution in [-0.4, -0.2) is 25.6 Å². The first-order valence-corrected chi connectivity index (χ1v) is 5.10. The molecular weight excluding hydrogens is 209 g/mol. The Morgan fingerprint density at radius 1 is 1.82 bits per heavy atom. The number of carboxylic acids is 1. The van der Waals surface area contributed by atoms with Crippen molar-refractivity contribution in [1.29, 1.82) is 0 Å². The van der Waals surface area contributed by atoms with Crippen LogP contribution in [0, 0.1) is 0 Å². The van der Waals surface area contributed by atoms with Crippen LogP contribution in [0.2, 0.25) is 0 Å². The molecule has 0 fully saturated rings. The second kappa shape index (κ2) is 3.11. The van der Waals surface area contributed by atoms with Gasteiger partial charge < -0.3 is 0 Å². The number of carbonyl (C=O) groups is 1. The molecule has 0 aliphatic heterocycles. The monoisotopic (exact) mass is 219 g/mol. The Bertz CT molecular complexity index is 280. The Balaban J connectivity index is 3.10. The summed E-state index contributed by atoms with van der Waals surface area (Å²) >= 11 is -0.0543. The van der Waals surface area contributed by atoms with Crippen LogP contribution in [0.15, 0.2) is 4.94 Å². The predicted octanol–water partition coefficient (Wildman–Crippen LogP) is 0.586. The molecule has 1 aromatic rings. The molecule has 1 aromatic heterocycles. The van der Waals surface area contributed by atoms with E-state index in [1.807, 2.05) is 11.9 Å².